The Labute approximate surface area is 131 Å². The highest BCUT2D eigenvalue weighted by molar-refractivity contribution is 7.89. The van der Waals surface area contributed by atoms with Crippen LogP contribution >= 0.6 is 11.6 Å². The third-order valence-corrected chi connectivity index (χ3v) is 4.83. The van der Waals surface area contributed by atoms with Crippen molar-refractivity contribution in [2.75, 3.05) is 13.1 Å². The van der Waals surface area contributed by atoms with Crippen LogP contribution in [0.25, 0.3) is 0 Å². The zero-order valence-electron chi connectivity index (χ0n) is 12.1. The number of halogens is 1. The molecule has 7 heteroatoms. The van der Waals surface area contributed by atoms with E-state index >= 15 is 0 Å². The van der Waals surface area contributed by atoms with E-state index in [-0.39, 0.29) is 28.8 Å². The van der Waals surface area contributed by atoms with Crippen LogP contribution in [0.5, 0.6) is 0 Å². The summed E-state index contributed by atoms with van der Waals surface area (Å²) in [7, 11) is -3.68. The van der Waals surface area contributed by atoms with E-state index in [2.05, 4.69) is 17.0 Å². The number of carbonyl (C=O) groups is 1. The number of nitrogens with one attached hydrogen (secondary N) is 2. The summed E-state index contributed by atoms with van der Waals surface area (Å²) in [5.74, 6) is -0.159. The largest absolute Gasteiger partial charge is 0.356 e. The molecule has 0 aliphatic heterocycles. The number of benzene rings is 1. The SMILES string of the molecule is CCCCCNC(=O)CCNS(=O)(=O)c1ccccc1Cl. The lowest BCUT2D eigenvalue weighted by atomic mass is 10.2. The fourth-order valence-corrected chi connectivity index (χ4v) is 3.28. The molecule has 1 rings (SSSR count). The van der Waals surface area contributed by atoms with Gasteiger partial charge < -0.3 is 5.32 Å². The maximum Gasteiger partial charge on any atom is 0.242 e. The van der Waals surface area contributed by atoms with Gasteiger partial charge in [-0.3, -0.25) is 4.79 Å². The van der Waals surface area contributed by atoms with E-state index in [1.807, 2.05) is 0 Å². The van der Waals surface area contributed by atoms with Gasteiger partial charge in [-0.15, -0.1) is 0 Å². The van der Waals surface area contributed by atoms with Crippen LogP contribution < -0.4 is 10.0 Å². The summed E-state index contributed by atoms with van der Waals surface area (Å²) in [5.41, 5.74) is 0. The molecule has 1 amide bonds. The van der Waals surface area contributed by atoms with Crippen LogP contribution in [0.4, 0.5) is 0 Å². The smallest absolute Gasteiger partial charge is 0.242 e. The third-order valence-electron chi connectivity index (χ3n) is 2.87. The maximum atomic E-state index is 12.0. The molecule has 0 aromatic heterocycles. The first-order chi connectivity index (χ1) is 9.97. The summed E-state index contributed by atoms with van der Waals surface area (Å²) in [6.45, 7) is 2.77. The summed E-state index contributed by atoms with van der Waals surface area (Å²) >= 11 is 5.85. The number of hydrogen-bond acceptors (Lipinski definition) is 3. The first-order valence-corrected chi connectivity index (χ1v) is 8.84. The lowest BCUT2D eigenvalue weighted by molar-refractivity contribution is -0.120. The van der Waals surface area contributed by atoms with E-state index in [4.69, 9.17) is 11.6 Å². The Balaban J connectivity index is 2.38. The van der Waals surface area contributed by atoms with Crippen molar-refractivity contribution in [1.29, 1.82) is 0 Å². The lowest BCUT2D eigenvalue weighted by Gasteiger charge is -2.08. The maximum absolute atomic E-state index is 12.0. The highest BCUT2D eigenvalue weighted by Crippen LogP contribution is 2.19. The molecule has 118 valence electrons. The summed E-state index contributed by atoms with van der Waals surface area (Å²) in [6.07, 6.45) is 3.20. The molecule has 1 aromatic carbocycles. The fraction of sp³-hybridized carbons (Fsp3) is 0.500. The van der Waals surface area contributed by atoms with E-state index in [9.17, 15) is 13.2 Å². The van der Waals surface area contributed by atoms with E-state index in [1.54, 1.807) is 12.1 Å². The fourth-order valence-electron chi connectivity index (χ4n) is 1.73. The number of hydrogen-bond donors (Lipinski definition) is 2. The van der Waals surface area contributed by atoms with Crippen LogP contribution in [0, 0.1) is 0 Å². The standard InChI is InChI=1S/C14H21ClN2O3S/c1-2-3-6-10-16-14(18)9-11-17-21(19,20)13-8-5-4-7-12(13)15/h4-5,7-8,17H,2-3,6,9-11H2,1H3,(H,16,18). The van der Waals surface area contributed by atoms with Gasteiger partial charge in [0.15, 0.2) is 0 Å². The highest BCUT2D eigenvalue weighted by Gasteiger charge is 2.16. The molecule has 0 bridgehead atoms. The van der Waals surface area contributed by atoms with Gasteiger partial charge in [0.25, 0.3) is 0 Å². The second-order valence-corrected chi connectivity index (χ2v) is 6.78. The van der Waals surface area contributed by atoms with Gasteiger partial charge in [-0.25, -0.2) is 13.1 Å². The summed E-state index contributed by atoms with van der Waals surface area (Å²) in [4.78, 5) is 11.5. The molecule has 0 heterocycles. The quantitative estimate of drug-likeness (QED) is 0.681. The van der Waals surface area contributed by atoms with Gasteiger partial charge in [0.05, 0.1) is 5.02 Å². The van der Waals surface area contributed by atoms with Crippen molar-refractivity contribution in [2.24, 2.45) is 0 Å². The Morgan fingerprint density at radius 1 is 1.19 bits per heavy atom. The van der Waals surface area contributed by atoms with Crippen molar-refractivity contribution in [2.45, 2.75) is 37.5 Å². The van der Waals surface area contributed by atoms with Gasteiger partial charge >= 0.3 is 0 Å². The second kappa shape index (κ2) is 9.02. The van der Waals surface area contributed by atoms with Crippen molar-refractivity contribution in [3.8, 4) is 0 Å². The molecule has 0 aliphatic carbocycles. The van der Waals surface area contributed by atoms with Crippen LogP contribution in [0.15, 0.2) is 29.2 Å². The normalized spacial score (nSPS) is 11.3. The van der Waals surface area contributed by atoms with Gasteiger partial charge in [-0.05, 0) is 18.6 Å². The summed E-state index contributed by atoms with van der Waals surface area (Å²) in [6, 6.07) is 6.19. The van der Waals surface area contributed by atoms with Gasteiger partial charge in [0, 0.05) is 19.5 Å². The minimum absolute atomic E-state index is 0.0232. The average molecular weight is 333 g/mol. The first kappa shape index (κ1) is 17.9. The molecule has 0 atom stereocenters. The lowest BCUT2D eigenvalue weighted by Crippen LogP contribution is -2.31. The number of carbonyl (C=O) groups excluding carboxylic acids is 1. The van der Waals surface area contributed by atoms with Crippen LogP contribution in [-0.4, -0.2) is 27.4 Å². The van der Waals surface area contributed by atoms with E-state index in [0.29, 0.717) is 6.54 Å². The highest BCUT2D eigenvalue weighted by atomic mass is 35.5. The van der Waals surface area contributed by atoms with Crippen molar-refractivity contribution >= 4 is 27.5 Å². The van der Waals surface area contributed by atoms with Crippen LogP contribution in [0.1, 0.15) is 32.6 Å². The van der Waals surface area contributed by atoms with Gasteiger partial charge in [-0.2, -0.15) is 0 Å². The molecule has 0 spiro atoms. The van der Waals surface area contributed by atoms with E-state index < -0.39 is 10.0 Å². The van der Waals surface area contributed by atoms with Gasteiger partial charge in [0.1, 0.15) is 4.90 Å². The van der Waals surface area contributed by atoms with Crippen molar-refractivity contribution in [3.63, 3.8) is 0 Å². The predicted octanol–water partition coefficient (Wildman–Crippen LogP) is 2.31. The molecule has 0 saturated heterocycles. The molecular weight excluding hydrogens is 312 g/mol. The van der Waals surface area contributed by atoms with Gasteiger partial charge in [-0.1, -0.05) is 43.5 Å². The number of rotatable bonds is 9. The molecule has 0 unspecified atom stereocenters. The molecule has 2 N–H and O–H groups in total. The molecule has 0 fully saturated rings. The van der Waals surface area contributed by atoms with E-state index in [0.717, 1.165) is 19.3 Å². The minimum atomic E-state index is -3.68. The number of amides is 1. The van der Waals surface area contributed by atoms with Crippen LogP contribution in [0.2, 0.25) is 5.02 Å². The molecular formula is C14H21ClN2O3S. The Hall–Kier alpha value is -1.11. The predicted molar refractivity (Wildman–Crippen MR) is 83.8 cm³/mol. The molecule has 5 nitrogen and oxygen atoms in total. The molecule has 0 aliphatic rings. The Bertz CT molecular complexity index is 561. The topological polar surface area (TPSA) is 75.3 Å². The second-order valence-electron chi connectivity index (χ2n) is 4.64. The first-order valence-electron chi connectivity index (χ1n) is 6.98. The number of sulfonamides is 1. The monoisotopic (exact) mass is 332 g/mol. The van der Waals surface area contributed by atoms with Gasteiger partial charge in [0.2, 0.25) is 15.9 Å². The van der Waals surface area contributed by atoms with E-state index in [1.165, 1.54) is 12.1 Å². The Morgan fingerprint density at radius 2 is 1.90 bits per heavy atom. The minimum Gasteiger partial charge on any atom is -0.356 e. The molecule has 0 saturated carbocycles. The van der Waals surface area contributed by atoms with Crippen molar-refractivity contribution in [1.82, 2.24) is 10.0 Å². The zero-order chi connectivity index (χ0) is 15.7. The average Bonchev–Trinajstić information content (AvgIpc) is 2.44. The molecule has 1 aromatic rings. The van der Waals surface area contributed by atoms with Crippen molar-refractivity contribution < 1.29 is 13.2 Å². The van der Waals surface area contributed by atoms with Crippen LogP contribution in [0.3, 0.4) is 0 Å². The Kier molecular flexibility index (Phi) is 7.71. The van der Waals surface area contributed by atoms with Crippen molar-refractivity contribution in [3.05, 3.63) is 29.3 Å². The summed E-state index contributed by atoms with van der Waals surface area (Å²) in [5, 5.41) is 2.92. The molecule has 21 heavy (non-hydrogen) atoms. The third kappa shape index (κ3) is 6.46. The summed E-state index contributed by atoms with van der Waals surface area (Å²) < 4.78 is 26.4. The zero-order valence-corrected chi connectivity index (χ0v) is 13.6. The molecule has 0 radical (unpaired) electrons. The Morgan fingerprint density at radius 3 is 2.57 bits per heavy atom. The number of unbranched alkanes of at least 4 members (excludes halogenated alkanes) is 2. The van der Waals surface area contributed by atoms with Crippen LogP contribution in [-0.2, 0) is 14.8 Å².